The zero-order valence-electron chi connectivity index (χ0n) is 10.4. The molecule has 0 aromatic heterocycles. The fraction of sp³-hybridized carbons (Fsp3) is 0.417. The lowest BCUT2D eigenvalue weighted by Crippen LogP contribution is -2.30. The fourth-order valence-corrected chi connectivity index (χ4v) is 4.10. The van der Waals surface area contributed by atoms with Crippen LogP contribution >= 0.6 is 11.6 Å². The van der Waals surface area contributed by atoms with E-state index in [9.17, 15) is 17.6 Å². The second kappa shape index (κ2) is 5.67. The topological polar surface area (TPSA) is 74.7 Å². The second-order valence-electron chi connectivity index (χ2n) is 4.67. The number of carbonyl (C=O) groups is 1. The highest BCUT2D eigenvalue weighted by Crippen LogP contribution is 2.29. The summed E-state index contributed by atoms with van der Waals surface area (Å²) in [6, 6.07) is 3.79. The molecule has 0 spiro atoms. The van der Waals surface area contributed by atoms with E-state index < -0.39 is 26.7 Å². The van der Waals surface area contributed by atoms with Crippen LogP contribution in [0.3, 0.4) is 0 Å². The molecule has 5 nitrogen and oxygen atoms in total. The van der Waals surface area contributed by atoms with Crippen molar-refractivity contribution in [1.82, 2.24) is 4.31 Å². The molecule has 1 aliphatic heterocycles. The van der Waals surface area contributed by atoms with Gasteiger partial charge in [-0.05, 0) is 24.5 Å². The van der Waals surface area contributed by atoms with Crippen molar-refractivity contribution in [3.63, 3.8) is 0 Å². The lowest BCUT2D eigenvalue weighted by atomic mass is 10.1. The number of benzene rings is 1. The zero-order chi connectivity index (χ0) is 14.9. The Balaban J connectivity index is 2.24. The first kappa shape index (κ1) is 15.2. The molecule has 0 bridgehead atoms. The van der Waals surface area contributed by atoms with Gasteiger partial charge in [0.2, 0.25) is 10.0 Å². The molecule has 1 aromatic rings. The minimum Gasteiger partial charge on any atom is -0.481 e. The molecule has 20 heavy (non-hydrogen) atoms. The SMILES string of the molecule is O=C(O)CC1CCN(S(=O)(=O)c2cccc(Cl)c2F)C1. The van der Waals surface area contributed by atoms with Crippen molar-refractivity contribution < 1.29 is 22.7 Å². The molecular weight excluding hydrogens is 309 g/mol. The summed E-state index contributed by atoms with van der Waals surface area (Å²) in [6.45, 7) is 0.271. The third-order valence-corrected chi connectivity index (χ3v) is 5.42. The van der Waals surface area contributed by atoms with Crippen LogP contribution in [0, 0.1) is 11.7 Å². The molecule has 1 aromatic carbocycles. The summed E-state index contributed by atoms with van der Waals surface area (Å²) in [5, 5.41) is 8.46. The van der Waals surface area contributed by atoms with Crippen molar-refractivity contribution >= 4 is 27.6 Å². The molecule has 2 rings (SSSR count). The van der Waals surface area contributed by atoms with Gasteiger partial charge in [0.1, 0.15) is 4.90 Å². The largest absolute Gasteiger partial charge is 0.481 e. The predicted molar refractivity (Wildman–Crippen MR) is 70.5 cm³/mol. The lowest BCUT2D eigenvalue weighted by Gasteiger charge is -2.17. The van der Waals surface area contributed by atoms with Crippen molar-refractivity contribution in [2.75, 3.05) is 13.1 Å². The van der Waals surface area contributed by atoms with Crippen LogP contribution in [-0.2, 0) is 14.8 Å². The summed E-state index contributed by atoms with van der Waals surface area (Å²) in [6.07, 6.45) is 0.359. The summed E-state index contributed by atoms with van der Waals surface area (Å²) >= 11 is 5.59. The number of hydrogen-bond acceptors (Lipinski definition) is 3. The smallest absolute Gasteiger partial charge is 0.303 e. The quantitative estimate of drug-likeness (QED) is 0.920. The Morgan fingerprint density at radius 2 is 2.20 bits per heavy atom. The molecule has 1 N–H and O–H groups in total. The second-order valence-corrected chi connectivity index (χ2v) is 6.98. The van der Waals surface area contributed by atoms with E-state index in [0.29, 0.717) is 6.42 Å². The van der Waals surface area contributed by atoms with Crippen LogP contribution in [0.15, 0.2) is 23.1 Å². The zero-order valence-corrected chi connectivity index (χ0v) is 12.0. The first-order valence-electron chi connectivity index (χ1n) is 5.98. The van der Waals surface area contributed by atoms with Crippen LogP contribution < -0.4 is 0 Å². The number of hydrogen-bond donors (Lipinski definition) is 1. The maximum atomic E-state index is 13.8. The average molecular weight is 322 g/mol. The third-order valence-electron chi connectivity index (χ3n) is 3.25. The summed E-state index contributed by atoms with van der Waals surface area (Å²) in [7, 11) is -3.98. The average Bonchev–Trinajstić information content (AvgIpc) is 2.80. The number of aliphatic carboxylic acids is 1. The van der Waals surface area contributed by atoms with Gasteiger partial charge in [-0.2, -0.15) is 4.31 Å². The van der Waals surface area contributed by atoms with E-state index >= 15 is 0 Å². The molecule has 1 fully saturated rings. The molecular formula is C12H13ClFNO4S. The van der Waals surface area contributed by atoms with Crippen molar-refractivity contribution in [1.29, 1.82) is 0 Å². The molecule has 0 aliphatic carbocycles. The van der Waals surface area contributed by atoms with Gasteiger partial charge in [0.25, 0.3) is 0 Å². The number of rotatable bonds is 4. The van der Waals surface area contributed by atoms with Gasteiger partial charge in [0.15, 0.2) is 5.82 Å². The first-order chi connectivity index (χ1) is 9.32. The summed E-state index contributed by atoms with van der Waals surface area (Å²) in [4.78, 5) is 10.2. The van der Waals surface area contributed by atoms with Crippen LogP contribution in [-0.4, -0.2) is 36.9 Å². The van der Waals surface area contributed by atoms with Crippen LogP contribution in [0.2, 0.25) is 5.02 Å². The van der Waals surface area contributed by atoms with Gasteiger partial charge in [-0.1, -0.05) is 17.7 Å². The Kier molecular flexibility index (Phi) is 4.31. The molecule has 0 radical (unpaired) electrons. The monoisotopic (exact) mass is 321 g/mol. The number of sulfonamides is 1. The molecule has 1 unspecified atom stereocenters. The number of nitrogens with zero attached hydrogens (tertiary/aromatic N) is 1. The van der Waals surface area contributed by atoms with E-state index in [2.05, 4.69) is 0 Å². The van der Waals surface area contributed by atoms with Crippen LogP contribution in [0.1, 0.15) is 12.8 Å². The van der Waals surface area contributed by atoms with E-state index in [1.165, 1.54) is 12.1 Å². The van der Waals surface area contributed by atoms with Crippen molar-refractivity contribution in [3.05, 3.63) is 29.0 Å². The molecule has 1 saturated heterocycles. The van der Waals surface area contributed by atoms with Gasteiger partial charge in [-0.3, -0.25) is 4.79 Å². The Labute approximate surface area is 121 Å². The highest BCUT2D eigenvalue weighted by atomic mass is 35.5. The van der Waals surface area contributed by atoms with Crippen LogP contribution in [0.5, 0.6) is 0 Å². The third kappa shape index (κ3) is 2.94. The standard InChI is InChI=1S/C12H13ClFNO4S/c13-9-2-1-3-10(12(9)14)20(18,19)15-5-4-8(7-15)6-11(16)17/h1-3,8H,4-7H2,(H,16,17). The van der Waals surface area contributed by atoms with Crippen molar-refractivity contribution in [2.45, 2.75) is 17.7 Å². The van der Waals surface area contributed by atoms with Gasteiger partial charge >= 0.3 is 5.97 Å². The van der Waals surface area contributed by atoms with Crippen molar-refractivity contribution in [3.8, 4) is 0 Å². The number of carboxylic acids is 1. The van der Waals surface area contributed by atoms with Gasteiger partial charge in [-0.25, -0.2) is 12.8 Å². The van der Waals surface area contributed by atoms with E-state index in [4.69, 9.17) is 16.7 Å². The highest BCUT2D eigenvalue weighted by molar-refractivity contribution is 7.89. The van der Waals surface area contributed by atoms with Crippen molar-refractivity contribution in [2.24, 2.45) is 5.92 Å². The summed E-state index contributed by atoms with van der Waals surface area (Å²) in [5.74, 6) is -2.19. The molecule has 1 atom stereocenters. The molecule has 8 heteroatoms. The Morgan fingerprint density at radius 1 is 1.50 bits per heavy atom. The first-order valence-corrected chi connectivity index (χ1v) is 7.80. The summed E-state index contributed by atoms with van der Waals surface area (Å²) < 4.78 is 39.6. The van der Waals surface area contributed by atoms with Crippen LogP contribution in [0.25, 0.3) is 0 Å². The number of halogens is 2. The molecule has 1 aliphatic rings. The Bertz CT molecular complexity index is 634. The Morgan fingerprint density at radius 3 is 2.85 bits per heavy atom. The van der Waals surface area contributed by atoms with Gasteiger partial charge in [0, 0.05) is 19.5 Å². The predicted octanol–water partition coefficient (Wildman–Crippen LogP) is 1.96. The molecule has 110 valence electrons. The van der Waals surface area contributed by atoms with Crippen LogP contribution in [0.4, 0.5) is 4.39 Å². The van der Waals surface area contributed by atoms with E-state index in [-0.39, 0.29) is 30.5 Å². The fourth-order valence-electron chi connectivity index (χ4n) is 2.25. The number of carboxylic acid groups (broad SMARTS) is 1. The normalized spacial score (nSPS) is 20.2. The minimum absolute atomic E-state index is 0.0839. The molecule has 0 amide bonds. The molecule has 0 saturated carbocycles. The van der Waals surface area contributed by atoms with E-state index in [1.807, 2.05) is 0 Å². The van der Waals surface area contributed by atoms with Gasteiger partial charge < -0.3 is 5.11 Å². The highest BCUT2D eigenvalue weighted by Gasteiger charge is 2.35. The van der Waals surface area contributed by atoms with Gasteiger partial charge in [0.05, 0.1) is 5.02 Å². The van der Waals surface area contributed by atoms with E-state index in [1.54, 1.807) is 0 Å². The summed E-state index contributed by atoms with van der Waals surface area (Å²) in [5.41, 5.74) is 0. The minimum atomic E-state index is -3.98. The maximum absolute atomic E-state index is 13.8. The lowest BCUT2D eigenvalue weighted by molar-refractivity contribution is -0.137. The maximum Gasteiger partial charge on any atom is 0.303 e. The van der Waals surface area contributed by atoms with E-state index in [0.717, 1.165) is 10.4 Å². The van der Waals surface area contributed by atoms with Gasteiger partial charge in [-0.15, -0.1) is 0 Å². The molecule has 1 heterocycles. The Hall–Kier alpha value is -1.18.